The van der Waals surface area contributed by atoms with Crippen LogP contribution in [0.25, 0.3) is 17.2 Å². The number of carbonyl (C=O) groups excluding carboxylic acids is 2. The maximum Gasteiger partial charge on any atom is 0.305 e. The minimum Gasteiger partial charge on any atom is -0.469 e. The average molecular weight is 423 g/mol. The fourth-order valence-electron chi connectivity index (χ4n) is 2.57. The summed E-state index contributed by atoms with van der Waals surface area (Å²) in [5.74, 6) is -0.0276. The van der Waals surface area contributed by atoms with Gasteiger partial charge in [0.2, 0.25) is 0 Å². The first-order valence-corrected chi connectivity index (χ1v) is 11.1. The van der Waals surface area contributed by atoms with Gasteiger partial charge in [0.1, 0.15) is 0 Å². The lowest BCUT2D eigenvalue weighted by Crippen LogP contribution is -1.98. The summed E-state index contributed by atoms with van der Waals surface area (Å²) in [5, 5.41) is 0. The van der Waals surface area contributed by atoms with Crippen molar-refractivity contribution in [3.05, 3.63) is 78.4 Å². The van der Waals surface area contributed by atoms with Crippen molar-refractivity contribution in [1.82, 2.24) is 0 Å². The smallest absolute Gasteiger partial charge is 0.305 e. The standard InChI is InChI=1S/C18H16O.C8H16O2.C2H6/c1-15(19)7-5-6-8-16-11-13-18(14-12-16)17-9-3-2-4-10-17;1-3-4-5-6-7-8(9)10-2;1-2/h2-14H,1H3;3-7H2,1-2H3;1-2H3/b7-5+,8-6+;;. The molecule has 0 aromatic heterocycles. The van der Waals surface area contributed by atoms with Gasteiger partial charge >= 0.3 is 5.97 Å². The Kier molecular flexibility index (Phi) is 17.2. The first kappa shape index (κ1) is 28.1. The average Bonchev–Trinajstić information content (AvgIpc) is 2.82. The minimum atomic E-state index is -0.0869. The molecule has 0 heterocycles. The van der Waals surface area contributed by atoms with Crippen LogP contribution in [0.2, 0.25) is 0 Å². The molecule has 2 aromatic rings. The summed E-state index contributed by atoms with van der Waals surface area (Å²) >= 11 is 0. The monoisotopic (exact) mass is 422 g/mol. The number of hydrogen-bond donors (Lipinski definition) is 0. The summed E-state index contributed by atoms with van der Waals surface area (Å²) in [6, 6.07) is 18.6. The van der Waals surface area contributed by atoms with Gasteiger partial charge in [-0.3, -0.25) is 9.59 Å². The lowest BCUT2D eigenvalue weighted by atomic mass is 10.0. The number of allylic oxidation sites excluding steroid dienone is 3. The quantitative estimate of drug-likeness (QED) is 0.180. The third-order valence-electron chi connectivity index (χ3n) is 4.21. The third kappa shape index (κ3) is 14.6. The molecule has 0 aliphatic carbocycles. The highest BCUT2D eigenvalue weighted by Crippen LogP contribution is 2.19. The van der Waals surface area contributed by atoms with Gasteiger partial charge in [-0.15, -0.1) is 0 Å². The topological polar surface area (TPSA) is 43.4 Å². The van der Waals surface area contributed by atoms with E-state index in [1.807, 2.05) is 44.2 Å². The first-order valence-electron chi connectivity index (χ1n) is 11.1. The molecule has 3 nitrogen and oxygen atoms in total. The molecule has 2 rings (SSSR count). The molecule has 0 atom stereocenters. The highest BCUT2D eigenvalue weighted by atomic mass is 16.5. The van der Waals surface area contributed by atoms with Gasteiger partial charge in [-0.2, -0.15) is 0 Å². The number of unbranched alkanes of at least 4 members (excludes halogenated alkanes) is 3. The zero-order chi connectivity index (χ0) is 23.3. The SMILES string of the molecule is CC.CC(=O)/C=C/C=C/c1ccc(-c2ccccc2)cc1.CCCCCCC(=O)OC. The molecular weight excluding hydrogens is 384 g/mol. The van der Waals surface area contributed by atoms with Crippen molar-refractivity contribution in [3.8, 4) is 11.1 Å². The second-order valence-corrected chi connectivity index (χ2v) is 6.70. The first-order chi connectivity index (χ1) is 15.1. The second-order valence-electron chi connectivity index (χ2n) is 6.70. The molecule has 31 heavy (non-hydrogen) atoms. The van der Waals surface area contributed by atoms with E-state index in [-0.39, 0.29) is 11.8 Å². The number of ether oxygens (including phenoxy) is 1. The Morgan fingerprint density at radius 2 is 1.45 bits per heavy atom. The zero-order valence-corrected chi connectivity index (χ0v) is 19.8. The van der Waals surface area contributed by atoms with Crippen LogP contribution < -0.4 is 0 Å². The summed E-state index contributed by atoms with van der Waals surface area (Å²) in [7, 11) is 1.43. The minimum absolute atomic E-state index is 0.0593. The van der Waals surface area contributed by atoms with Crippen LogP contribution in [0.1, 0.15) is 65.4 Å². The fraction of sp³-hybridized carbons (Fsp3) is 0.357. The van der Waals surface area contributed by atoms with Crippen LogP contribution in [0, 0.1) is 0 Å². The molecule has 0 aliphatic rings. The largest absolute Gasteiger partial charge is 0.469 e. The number of rotatable bonds is 9. The number of hydrogen-bond acceptors (Lipinski definition) is 3. The molecule has 0 radical (unpaired) electrons. The molecule has 0 saturated heterocycles. The molecular formula is C28H38O3. The highest BCUT2D eigenvalue weighted by molar-refractivity contribution is 5.87. The summed E-state index contributed by atoms with van der Waals surface area (Å²) in [4.78, 5) is 21.3. The van der Waals surface area contributed by atoms with Gasteiger partial charge in [-0.1, -0.05) is 113 Å². The maximum absolute atomic E-state index is 10.7. The zero-order valence-electron chi connectivity index (χ0n) is 19.8. The van der Waals surface area contributed by atoms with Crippen LogP contribution in [0.5, 0.6) is 0 Å². The van der Waals surface area contributed by atoms with E-state index in [9.17, 15) is 9.59 Å². The maximum atomic E-state index is 10.7. The molecule has 0 aliphatic heterocycles. The molecule has 0 unspecified atom stereocenters. The molecule has 0 amide bonds. The molecule has 0 N–H and O–H groups in total. The van der Waals surface area contributed by atoms with Crippen molar-refractivity contribution in [1.29, 1.82) is 0 Å². The van der Waals surface area contributed by atoms with Crippen molar-refractivity contribution in [3.63, 3.8) is 0 Å². The molecule has 0 spiro atoms. The number of ketones is 1. The predicted octanol–water partition coefficient (Wildman–Crippen LogP) is 7.67. The molecule has 3 heteroatoms. The Bertz CT molecular complexity index is 772. The van der Waals surface area contributed by atoms with Crippen molar-refractivity contribution in [2.45, 2.75) is 59.8 Å². The lowest BCUT2D eigenvalue weighted by molar-refractivity contribution is -0.140. The van der Waals surface area contributed by atoms with E-state index < -0.39 is 0 Å². The Labute approximate surface area is 188 Å². The van der Waals surface area contributed by atoms with E-state index in [4.69, 9.17) is 0 Å². The van der Waals surface area contributed by atoms with Crippen LogP contribution in [0.4, 0.5) is 0 Å². The van der Waals surface area contributed by atoms with Crippen molar-refractivity contribution in [2.75, 3.05) is 7.11 Å². The van der Waals surface area contributed by atoms with E-state index >= 15 is 0 Å². The van der Waals surface area contributed by atoms with E-state index in [1.54, 1.807) is 19.1 Å². The number of methoxy groups -OCH3 is 1. The Morgan fingerprint density at radius 3 is 2.00 bits per heavy atom. The fourth-order valence-corrected chi connectivity index (χ4v) is 2.57. The van der Waals surface area contributed by atoms with Gasteiger partial charge in [0.15, 0.2) is 5.78 Å². The summed E-state index contributed by atoms with van der Waals surface area (Å²) in [6.07, 6.45) is 12.3. The van der Waals surface area contributed by atoms with Gasteiger partial charge in [0.25, 0.3) is 0 Å². The van der Waals surface area contributed by atoms with Crippen LogP contribution in [0.3, 0.4) is 0 Å². The second kappa shape index (κ2) is 19.0. The summed E-state index contributed by atoms with van der Waals surface area (Å²) in [6.45, 7) is 7.69. The van der Waals surface area contributed by atoms with Gasteiger partial charge in [-0.25, -0.2) is 0 Å². The lowest BCUT2D eigenvalue weighted by Gasteiger charge is -2.01. The van der Waals surface area contributed by atoms with Gasteiger partial charge in [0.05, 0.1) is 7.11 Å². The van der Waals surface area contributed by atoms with Crippen molar-refractivity contribution < 1.29 is 14.3 Å². The van der Waals surface area contributed by atoms with Crippen LogP contribution in [-0.2, 0) is 14.3 Å². The van der Waals surface area contributed by atoms with E-state index in [0.717, 1.165) is 18.4 Å². The third-order valence-corrected chi connectivity index (χ3v) is 4.21. The molecule has 168 valence electrons. The van der Waals surface area contributed by atoms with Crippen LogP contribution in [-0.4, -0.2) is 18.9 Å². The van der Waals surface area contributed by atoms with Crippen LogP contribution >= 0.6 is 0 Å². The molecule has 2 aromatic carbocycles. The Balaban J connectivity index is 0.000000639. The van der Waals surface area contributed by atoms with Crippen molar-refractivity contribution >= 4 is 17.8 Å². The Hall–Kier alpha value is -2.94. The van der Waals surface area contributed by atoms with E-state index in [2.05, 4.69) is 48.1 Å². The van der Waals surface area contributed by atoms with Crippen molar-refractivity contribution in [2.24, 2.45) is 0 Å². The van der Waals surface area contributed by atoms with E-state index in [0.29, 0.717) is 6.42 Å². The van der Waals surface area contributed by atoms with Gasteiger partial charge in [-0.05, 0) is 36.1 Å². The summed E-state index contributed by atoms with van der Waals surface area (Å²) < 4.78 is 4.49. The highest BCUT2D eigenvalue weighted by Gasteiger charge is 1.97. The number of benzene rings is 2. The van der Waals surface area contributed by atoms with Gasteiger partial charge < -0.3 is 4.74 Å². The number of carbonyl (C=O) groups is 2. The Morgan fingerprint density at radius 1 is 0.839 bits per heavy atom. The summed E-state index contributed by atoms with van der Waals surface area (Å²) in [5.41, 5.74) is 3.54. The number of esters is 1. The van der Waals surface area contributed by atoms with E-state index in [1.165, 1.54) is 31.1 Å². The normalized spacial score (nSPS) is 10.1. The molecule has 0 bridgehead atoms. The van der Waals surface area contributed by atoms with Gasteiger partial charge in [0, 0.05) is 6.42 Å². The molecule has 0 fully saturated rings. The van der Waals surface area contributed by atoms with Crippen LogP contribution in [0.15, 0.2) is 72.8 Å². The molecule has 0 saturated carbocycles. The predicted molar refractivity (Wildman–Crippen MR) is 133 cm³/mol.